The molecule has 2 nitrogen and oxygen atoms in total. The van der Waals surface area contributed by atoms with Crippen molar-refractivity contribution in [1.82, 2.24) is 5.32 Å². The fourth-order valence-electron chi connectivity index (χ4n) is 3.09. The summed E-state index contributed by atoms with van der Waals surface area (Å²) in [5, 5.41) is 6.28. The Morgan fingerprint density at radius 3 is 2.68 bits per heavy atom. The molecule has 3 heteroatoms. The molecule has 0 aromatic heterocycles. The van der Waals surface area contributed by atoms with Gasteiger partial charge in [-0.3, -0.25) is 4.79 Å². The molecule has 116 valence electrons. The number of thioether (sulfide) groups is 1. The maximum Gasteiger partial charge on any atom is 0.230 e. The summed E-state index contributed by atoms with van der Waals surface area (Å²) in [6.07, 6.45) is 5.20. The van der Waals surface area contributed by atoms with Gasteiger partial charge in [0.05, 0.1) is 11.8 Å². The number of hydrogen-bond donors (Lipinski definition) is 1. The van der Waals surface area contributed by atoms with Crippen LogP contribution in [0.2, 0.25) is 0 Å². The zero-order chi connectivity index (χ0) is 15.4. The standard InChI is InChI=1S/C19H23NOS/c1-14(20-19(21)13-22-18-8-4-5-9-18)16-11-10-15-6-2-3-7-17(15)12-16/h2-3,6-7,10-12,14,18H,4-5,8-9,13H2,1H3,(H,20,21). The van der Waals surface area contributed by atoms with Crippen molar-refractivity contribution in [1.29, 1.82) is 0 Å². The van der Waals surface area contributed by atoms with Gasteiger partial charge in [-0.05, 0) is 42.2 Å². The Morgan fingerprint density at radius 1 is 1.18 bits per heavy atom. The lowest BCUT2D eigenvalue weighted by Crippen LogP contribution is -2.28. The molecule has 0 radical (unpaired) electrons. The molecule has 1 aliphatic rings. The maximum atomic E-state index is 12.1. The van der Waals surface area contributed by atoms with Crippen LogP contribution in [0, 0.1) is 0 Å². The topological polar surface area (TPSA) is 29.1 Å². The fourth-order valence-corrected chi connectivity index (χ4v) is 4.23. The van der Waals surface area contributed by atoms with Crippen LogP contribution in [0.15, 0.2) is 42.5 Å². The van der Waals surface area contributed by atoms with E-state index in [-0.39, 0.29) is 11.9 Å². The third-order valence-corrected chi connectivity index (χ3v) is 5.78. The van der Waals surface area contributed by atoms with E-state index in [4.69, 9.17) is 0 Å². The number of fused-ring (bicyclic) bond motifs is 1. The smallest absolute Gasteiger partial charge is 0.230 e. The quantitative estimate of drug-likeness (QED) is 0.867. The van der Waals surface area contributed by atoms with Gasteiger partial charge in [0.1, 0.15) is 0 Å². The molecule has 3 rings (SSSR count). The first-order valence-corrected chi connectivity index (χ1v) is 9.17. The first kappa shape index (κ1) is 15.4. The second-order valence-corrected chi connectivity index (χ2v) is 7.40. The van der Waals surface area contributed by atoms with Crippen molar-refractivity contribution in [3.8, 4) is 0 Å². The lowest BCUT2D eigenvalue weighted by molar-refractivity contribution is -0.119. The maximum absolute atomic E-state index is 12.1. The number of nitrogens with one attached hydrogen (secondary N) is 1. The van der Waals surface area contributed by atoms with Crippen molar-refractivity contribution >= 4 is 28.4 Å². The Balaban J connectivity index is 1.57. The summed E-state index contributed by atoms with van der Waals surface area (Å²) < 4.78 is 0. The van der Waals surface area contributed by atoms with Crippen molar-refractivity contribution in [2.75, 3.05) is 5.75 Å². The second kappa shape index (κ2) is 7.19. The average Bonchev–Trinajstić information content (AvgIpc) is 3.06. The molecule has 0 bridgehead atoms. The molecule has 1 unspecified atom stereocenters. The molecule has 0 spiro atoms. The Labute approximate surface area is 136 Å². The minimum absolute atomic E-state index is 0.0567. The molecule has 2 aromatic rings. The minimum atomic E-state index is 0.0567. The molecular weight excluding hydrogens is 290 g/mol. The summed E-state index contributed by atoms with van der Waals surface area (Å²) in [6, 6.07) is 14.8. The van der Waals surface area contributed by atoms with Crippen molar-refractivity contribution in [3.05, 3.63) is 48.0 Å². The first-order chi connectivity index (χ1) is 10.7. The number of benzene rings is 2. The molecule has 22 heavy (non-hydrogen) atoms. The minimum Gasteiger partial charge on any atom is -0.349 e. The molecule has 1 fully saturated rings. The van der Waals surface area contributed by atoms with E-state index in [0.717, 1.165) is 5.56 Å². The summed E-state index contributed by atoms with van der Waals surface area (Å²) in [4.78, 5) is 12.1. The molecule has 1 atom stereocenters. The Morgan fingerprint density at radius 2 is 1.91 bits per heavy atom. The van der Waals surface area contributed by atoms with Crippen molar-refractivity contribution in [2.24, 2.45) is 0 Å². The lowest BCUT2D eigenvalue weighted by Gasteiger charge is -2.16. The van der Waals surface area contributed by atoms with Crippen molar-refractivity contribution in [2.45, 2.75) is 43.9 Å². The summed E-state index contributed by atoms with van der Waals surface area (Å²) in [5.74, 6) is 0.736. The predicted octanol–water partition coefficient (Wildman–Crippen LogP) is 4.69. The van der Waals surface area contributed by atoms with Crippen LogP contribution in [0.1, 0.15) is 44.2 Å². The van der Waals surface area contributed by atoms with Gasteiger partial charge in [-0.2, -0.15) is 0 Å². The van der Waals surface area contributed by atoms with E-state index in [1.54, 1.807) is 0 Å². The van der Waals surface area contributed by atoms with E-state index >= 15 is 0 Å². The fraction of sp³-hybridized carbons (Fsp3) is 0.421. The zero-order valence-corrected chi connectivity index (χ0v) is 13.9. The van der Waals surface area contributed by atoms with Gasteiger partial charge in [0, 0.05) is 5.25 Å². The number of rotatable bonds is 5. The van der Waals surface area contributed by atoms with Crippen LogP contribution >= 0.6 is 11.8 Å². The Kier molecular flexibility index (Phi) is 5.04. The highest BCUT2D eigenvalue weighted by Crippen LogP contribution is 2.29. The summed E-state index contributed by atoms with van der Waals surface area (Å²) in [5.41, 5.74) is 1.16. The Bertz CT molecular complexity index is 649. The molecule has 1 N–H and O–H groups in total. The van der Waals surface area contributed by atoms with Gasteiger partial charge in [-0.15, -0.1) is 11.8 Å². The number of amides is 1. The largest absolute Gasteiger partial charge is 0.349 e. The summed E-state index contributed by atoms with van der Waals surface area (Å²) in [7, 11) is 0. The van der Waals surface area contributed by atoms with E-state index in [1.807, 2.05) is 23.9 Å². The normalized spacial score (nSPS) is 16.8. The first-order valence-electron chi connectivity index (χ1n) is 8.12. The predicted molar refractivity (Wildman–Crippen MR) is 95.2 cm³/mol. The number of hydrogen-bond acceptors (Lipinski definition) is 2. The van der Waals surface area contributed by atoms with Gasteiger partial charge in [0.15, 0.2) is 0 Å². The Hall–Kier alpha value is -1.48. The van der Waals surface area contributed by atoms with Gasteiger partial charge in [-0.25, -0.2) is 0 Å². The van der Waals surface area contributed by atoms with Crippen LogP contribution in [0.25, 0.3) is 10.8 Å². The van der Waals surface area contributed by atoms with E-state index in [2.05, 4.69) is 42.6 Å². The van der Waals surface area contributed by atoms with Crippen LogP contribution in [0.5, 0.6) is 0 Å². The second-order valence-electron chi connectivity index (χ2n) is 6.11. The van der Waals surface area contributed by atoms with Gasteiger partial charge in [0.2, 0.25) is 5.91 Å². The molecule has 1 saturated carbocycles. The van der Waals surface area contributed by atoms with Crippen LogP contribution < -0.4 is 5.32 Å². The van der Waals surface area contributed by atoms with Crippen LogP contribution in [0.4, 0.5) is 0 Å². The highest BCUT2D eigenvalue weighted by atomic mass is 32.2. The van der Waals surface area contributed by atoms with Crippen LogP contribution in [-0.4, -0.2) is 16.9 Å². The van der Waals surface area contributed by atoms with Gasteiger partial charge in [-0.1, -0.05) is 49.2 Å². The molecule has 2 aromatic carbocycles. The molecule has 0 saturated heterocycles. The van der Waals surface area contributed by atoms with Crippen molar-refractivity contribution < 1.29 is 4.79 Å². The SMILES string of the molecule is CC(NC(=O)CSC1CCCC1)c1ccc2ccccc2c1. The number of carbonyl (C=O) groups excluding carboxylic acids is 1. The highest BCUT2D eigenvalue weighted by Gasteiger charge is 2.17. The molecule has 0 aliphatic heterocycles. The van der Waals surface area contributed by atoms with Crippen LogP contribution in [0.3, 0.4) is 0 Å². The molecule has 0 heterocycles. The molecular formula is C19H23NOS. The lowest BCUT2D eigenvalue weighted by atomic mass is 10.0. The van der Waals surface area contributed by atoms with Gasteiger partial charge < -0.3 is 5.32 Å². The van der Waals surface area contributed by atoms with Crippen LogP contribution in [-0.2, 0) is 4.79 Å². The average molecular weight is 313 g/mol. The van der Waals surface area contributed by atoms with E-state index in [0.29, 0.717) is 11.0 Å². The summed E-state index contributed by atoms with van der Waals surface area (Å²) in [6.45, 7) is 2.06. The molecule has 1 amide bonds. The summed E-state index contributed by atoms with van der Waals surface area (Å²) >= 11 is 1.82. The highest BCUT2D eigenvalue weighted by molar-refractivity contribution is 8.00. The third kappa shape index (κ3) is 3.83. The number of carbonyl (C=O) groups is 1. The van der Waals surface area contributed by atoms with Crippen molar-refractivity contribution in [3.63, 3.8) is 0 Å². The molecule has 1 aliphatic carbocycles. The third-order valence-electron chi connectivity index (χ3n) is 4.40. The van der Waals surface area contributed by atoms with E-state index in [9.17, 15) is 4.79 Å². The van der Waals surface area contributed by atoms with Gasteiger partial charge in [0.25, 0.3) is 0 Å². The van der Waals surface area contributed by atoms with E-state index in [1.165, 1.54) is 36.5 Å². The van der Waals surface area contributed by atoms with E-state index < -0.39 is 0 Å². The monoisotopic (exact) mass is 313 g/mol. The van der Waals surface area contributed by atoms with Gasteiger partial charge >= 0.3 is 0 Å². The zero-order valence-electron chi connectivity index (χ0n) is 13.0.